The molecule has 0 spiro atoms. The van der Waals surface area contributed by atoms with Crippen molar-refractivity contribution in [3.63, 3.8) is 0 Å². The predicted molar refractivity (Wildman–Crippen MR) is 85.7 cm³/mol. The van der Waals surface area contributed by atoms with Gasteiger partial charge in [0.15, 0.2) is 0 Å². The van der Waals surface area contributed by atoms with Crippen molar-refractivity contribution in [3.05, 3.63) is 69.2 Å². The van der Waals surface area contributed by atoms with Gasteiger partial charge in [-0.15, -0.1) is 0 Å². The van der Waals surface area contributed by atoms with Crippen LogP contribution in [0.1, 0.15) is 23.1 Å². The quantitative estimate of drug-likeness (QED) is 0.838. The van der Waals surface area contributed by atoms with Gasteiger partial charge in [-0.05, 0) is 43.4 Å². The molecule has 0 aliphatic heterocycles. The fraction of sp³-hybridized carbons (Fsp3) is 0.294. The topological polar surface area (TPSA) is 20.2 Å². The zero-order chi connectivity index (χ0) is 14.5. The van der Waals surface area contributed by atoms with Crippen LogP contribution in [0.25, 0.3) is 0 Å². The van der Waals surface area contributed by atoms with E-state index in [1.54, 1.807) is 6.07 Å². The summed E-state index contributed by atoms with van der Waals surface area (Å²) in [7, 11) is 0. The van der Waals surface area contributed by atoms with Crippen molar-refractivity contribution < 1.29 is 5.11 Å². The first-order chi connectivity index (χ1) is 9.56. The molecule has 0 saturated heterocycles. The lowest BCUT2D eigenvalue weighted by atomic mass is 10.0. The highest BCUT2D eigenvalue weighted by Crippen LogP contribution is 2.26. The van der Waals surface area contributed by atoms with Gasteiger partial charge in [0, 0.05) is 0 Å². The minimum atomic E-state index is -0.410. The molecule has 1 nitrogen and oxygen atoms in total. The van der Waals surface area contributed by atoms with Gasteiger partial charge in [0.05, 0.1) is 16.1 Å². The molecule has 0 saturated carbocycles. The van der Waals surface area contributed by atoms with E-state index in [0.717, 1.165) is 12.0 Å². The van der Waals surface area contributed by atoms with E-state index in [1.165, 1.54) is 11.1 Å². The second kappa shape index (κ2) is 7.12. The molecule has 2 aromatic rings. The highest BCUT2D eigenvalue weighted by atomic mass is 35.5. The molecule has 1 unspecified atom stereocenters. The standard InChI is InChI=1S/C17H18Cl2O/c1-12-5-7-13(8-6-12)9-10-15(20)11-14-3-2-4-16(18)17(14)19/h2-8,15,20H,9-11H2,1H3. The van der Waals surface area contributed by atoms with Crippen molar-refractivity contribution >= 4 is 23.2 Å². The van der Waals surface area contributed by atoms with Crippen LogP contribution in [-0.4, -0.2) is 11.2 Å². The van der Waals surface area contributed by atoms with Gasteiger partial charge in [-0.2, -0.15) is 0 Å². The summed E-state index contributed by atoms with van der Waals surface area (Å²) in [4.78, 5) is 0. The van der Waals surface area contributed by atoms with E-state index in [0.29, 0.717) is 22.9 Å². The average molecular weight is 309 g/mol. The van der Waals surface area contributed by atoms with Gasteiger partial charge in [-0.3, -0.25) is 0 Å². The predicted octanol–water partition coefficient (Wildman–Crippen LogP) is 4.84. The van der Waals surface area contributed by atoms with Crippen LogP contribution in [0.2, 0.25) is 10.0 Å². The van der Waals surface area contributed by atoms with Crippen LogP contribution in [-0.2, 0) is 12.8 Å². The first kappa shape index (κ1) is 15.4. The lowest BCUT2D eigenvalue weighted by Gasteiger charge is -2.12. The summed E-state index contributed by atoms with van der Waals surface area (Å²) < 4.78 is 0. The van der Waals surface area contributed by atoms with Crippen molar-refractivity contribution in [2.24, 2.45) is 0 Å². The van der Waals surface area contributed by atoms with Crippen molar-refractivity contribution in [2.75, 3.05) is 0 Å². The summed E-state index contributed by atoms with van der Waals surface area (Å²) in [5, 5.41) is 11.2. The molecular weight excluding hydrogens is 291 g/mol. The Balaban J connectivity index is 1.91. The number of aryl methyl sites for hydroxylation is 2. The summed E-state index contributed by atoms with van der Waals surface area (Å²) in [5.41, 5.74) is 3.39. The van der Waals surface area contributed by atoms with Gasteiger partial charge in [0.25, 0.3) is 0 Å². The SMILES string of the molecule is Cc1ccc(CCC(O)Cc2cccc(Cl)c2Cl)cc1. The highest BCUT2D eigenvalue weighted by molar-refractivity contribution is 6.42. The monoisotopic (exact) mass is 308 g/mol. The van der Waals surface area contributed by atoms with E-state index < -0.39 is 6.10 Å². The minimum Gasteiger partial charge on any atom is -0.393 e. The van der Waals surface area contributed by atoms with Gasteiger partial charge >= 0.3 is 0 Å². The molecular formula is C17H18Cl2O. The molecule has 20 heavy (non-hydrogen) atoms. The minimum absolute atomic E-state index is 0.410. The van der Waals surface area contributed by atoms with Crippen LogP contribution in [0.4, 0.5) is 0 Å². The van der Waals surface area contributed by atoms with Gasteiger partial charge in [0.1, 0.15) is 0 Å². The molecule has 0 aromatic heterocycles. The summed E-state index contributed by atoms with van der Waals surface area (Å²) in [6, 6.07) is 13.9. The first-order valence-corrected chi connectivity index (χ1v) is 7.48. The Morgan fingerprint density at radius 3 is 2.45 bits per heavy atom. The molecule has 3 heteroatoms. The fourth-order valence-electron chi connectivity index (χ4n) is 2.15. The van der Waals surface area contributed by atoms with Crippen molar-refractivity contribution in [1.29, 1.82) is 0 Å². The van der Waals surface area contributed by atoms with E-state index in [2.05, 4.69) is 31.2 Å². The molecule has 2 aromatic carbocycles. The molecule has 2 rings (SSSR count). The summed E-state index contributed by atoms with van der Waals surface area (Å²) in [5.74, 6) is 0. The van der Waals surface area contributed by atoms with Crippen molar-refractivity contribution in [1.82, 2.24) is 0 Å². The lowest BCUT2D eigenvalue weighted by Crippen LogP contribution is -2.12. The Kier molecular flexibility index (Phi) is 5.47. The largest absolute Gasteiger partial charge is 0.393 e. The van der Waals surface area contributed by atoms with Gasteiger partial charge in [-0.1, -0.05) is 65.2 Å². The van der Waals surface area contributed by atoms with Gasteiger partial charge in [-0.25, -0.2) is 0 Å². The maximum Gasteiger partial charge on any atom is 0.0625 e. The van der Waals surface area contributed by atoms with Crippen LogP contribution in [0.3, 0.4) is 0 Å². The summed E-state index contributed by atoms with van der Waals surface area (Å²) in [6.45, 7) is 2.07. The first-order valence-electron chi connectivity index (χ1n) is 6.73. The van der Waals surface area contributed by atoms with Crippen LogP contribution < -0.4 is 0 Å². The fourth-order valence-corrected chi connectivity index (χ4v) is 2.55. The third-order valence-corrected chi connectivity index (χ3v) is 4.23. The van der Waals surface area contributed by atoms with E-state index in [9.17, 15) is 5.11 Å². The lowest BCUT2D eigenvalue weighted by molar-refractivity contribution is 0.165. The number of aliphatic hydroxyl groups is 1. The maximum atomic E-state index is 10.1. The molecule has 0 amide bonds. The summed E-state index contributed by atoms with van der Waals surface area (Å²) in [6.07, 6.45) is 1.70. The molecule has 0 aliphatic carbocycles. The van der Waals surface area contributed by atoms with Gasteiger partial charge < -0.3 is 5.11 Å². The Labute approximate surface area is 130 Å². The van der Waals surface area contributed by atoms with Gasteiger partial charge in [0.2, 0.25) is 0 Å². The van der Waals surface area contributed by atoms with Crippen molar-refractivity contribution in [2.45, 2.75) is 32.3 Å². The normalized spacial score (nSPS) is 12.4. The number of hydrogen-bond donors (Lipinski definition) is 1. The van der Waals surface area contributed by atoms with E-state index in [1.807, 2.05) is 12.1 Å². The van der Waals surface area contributed by atoms with E-state index in [4.69, 9.17) is 23.2 Å². The number of benzene rings is 2. The molecule has 1 N–H and O–H groups in total. The van der Waals surface area contributed by atoms with Crippen LogP contribution in [0.5, 0.6) is 0 Å². The van der Waals surface area contributed by atoms with Crippen LogP contribution >= 0.6 is 23.2 Å². The summed E-state index contributed by atoms with van der Waals surface area (Å²) >= 11 is 12.1. The molecule has 1 atom stereocenters. The number of aliphatic hydroxyl groups excluding tert-OH is 1. The third kappa shape index (κ3) is 4.24. The van der Waals surface area contributed by atoms with E-state index >= 15 is 0 Å². The number of rotatable bonds is 5. The zero-order valence-corrected chi connectivity index (χ0v) is 13.0. The average Bonchev–Trinajstić information content (AvgIpc) is 2.43. The molecule has 0 aliphatic rings. The van der Waals surface area contributed by atoms with Crippen LogP contribution in [0, 0.1) is 6.92 Å². The second-order valence-electron chi connectivity index (χ2n) is 5.10. The molecule has 0 bridgehead atoms. The second-order valence-corrected chi connectivity index (χ2v) is 5.88. The highest BCUT2D eigenvalue weighted by Gasteiger charge is 2.10. The Hall–Kier alpha value is -1.02. The third-order valence-electron chi connectivity index (χ3n) is 3.37. The molecule has 0 radical (unpaired) electrons. The Morgan fingerprint density at radius 2 is 1.75 bits per heavy atom. The number of halogens is 2. The van der Waals surface area contributed by atoms with Crippen molar-refractivity contribution in [3.8, 4) is 0 Å². The maximum absolute atomic E-state index is 10.1. The smallest absolute Gasteiger partial charge is 0.0625 e. The van der Waals surface area contributed by atoms with E-state index in [-0.39, 0.29) is 0 Å². The molecule has 106 valence electrons. The number of hydrogen-bond acceptors (Lipinski definition) is 1. The Morgan fingerprint density at radius 1 is 1.05 bits per heavy atom. The molecule has 0 fully saturated rings. The molecule has 0 heterocycles. The van der Waals surface area contributed by atoms with Crippen LogP contribution in [0.15, 0.2) is 42.5 Å². The zero-order valence-electron chi connectivity index (χ0n) is 11.4. The Bertz CT molecular complexity index is 564.